The molecular formula is C16H19N3O. The zero-order valence-electron chi connectivity index (χ0n) is 11.7. The first-order valence-electron chi connectivity index (χ1n) is 7.02. The third-order valence-electron chi connectivity index (χ3n) is 3.94. The van der Waals surface area contributed by atoms with Crippen molar-refractivity contribution in [3.05, 3.63) is 48.3 Å². The number of benzene rings is 1. The van der Waals surface area contributed by atoms with Crippen molar-refractivity contribution in [2.75, 3.05) is 25.1 Å². The molecule has 3 rings (SSSR count). The summed E-state index contributed by atoms with van der Waals surface area (Å²) in [5.74, 6) is 1.49. The second-order valence-corrected chi connectivity index (χ2v) is 5.16. The van der Waals surface area contributed by atoms with Gasteiger partial charge in [-0.1, -0.05) is 12.1 Å². The maximum absolute atomic E-state index is 5.22. The minimum atomic E-state index is 0.572. The number of rotatable bonds is 3. The molecule has 0 radical (unpaired) electrons. The second kappa shape index (κ2) is 5.90. The van der Waals surface area contributed by atoms with Crippen LogP contribution in [-0.4, -0.2) is 30.4 Å². The summed E-state index contributed by atoms with van der Waals surface area (Å²) in [5, 5.41) is 7.82. The summed E-state index contributed by atoms with van der Waals surface area (Å²) in [6.07, 6.45) is 6.04. The van der Waals surface area contributed by atoms with Crippen molar-refractivity contribution in [2.45, 2.75) is 18.8 Å². The first-order chi connectivity index (χ1) is 9.86. The van der Waals surface area contributed by atoms with Gasteiger partial charge in [0.05, 0.1) is 25.2 Å². The third-order valence-corrected chi connectivity index (χ3v) is 3.94. The highest BCUT2D eigenvalue weighted by Gasteiger charge is 2.21. The molecule has 104 valence electrons. The number of piperidine rings is 1. The fraction of sp³-hybridized carbons (Fsp3) is 0.375. The monoisotopic (exact) mass is 269 g/mol. The van der Waals surface area contributed by atoms with E-state index in [1.54, 1.807) is 13.3 Å². The van der Waals surface area contributed by atoms with Crippen LogP contribution in [0.5, 0.6) is 5.75 Å². The number of hydrogen-bond donors (Lipinski definition) is 0. The Labute approximate surface area is 119 Å². The van der Waals surface area contributed by atoms with Crippen LogP contribution in [0.3, 0.4) is 0 Å². The van der Waals surface area contributed by atoms with Crippen molar-refractivity contribution in [2.24, 2.45) is 0 Å². The molecule has 0 aliphatic carbocycles. The van der Waals surface area contributed by atoms with Gasteiger partial charge in [-0.25, -0.2) is 0 Å². The molecule has 0 spiro atoms. The van der Waals surface area contributed by atoms with E-state index in [2.05, 4.69) is 27.2 Å². The predicted octanol–water partition coefficient (Wildman–Crippen LogP) is 2.87. The Morgan fingerprint density at radius 1 is 1.15 bits per heavy atom. The fourth-order valence-corrected chi connectivity index (χ4v) is 2.83. The van der Waals surface area contributed by atoms with Gasteiger partial charge >= 0.3 is 0 Å². The van der Waals surface area contributed by atoms with Crippen LogP contribution < -0.4 is 9.64 Å². The molecule has 2 aromatic rings. The Bertz CT molecular complexity index is 541. The zero-order chi connectivity index (χ0) is 13.8. The van der Waals surface area contributed by atoms with Crippen LogP contribution in [0, 0.1) is 0 Å². The molecule has 1 unspecified atom stereocenters. The van der Waals surface area contributed by atoms with Gasteiger partial charge in [0.25, 0.3) is 0 Å². The summed E-state index contributed by atoms with van der Waals surface area (Å²) < 4.78 is 5.22. The van der Waals surface area contributed by atoms with Gasteiger partial charge in [0.1, 0.15) is 5.75 Å². The molecule has 0 N–H and O–H groups in total. The molecule has 1 fully saturated rings. The first-order valence-corrected chi connectivity index (χ1v) is 7.02. The van der Waals surface area contributed by atoms with Gasteiger partial charge in [-0.05, 0) is 36.6 Å². The molecule has 0 bridgehead atoms. The predicted molar refractivity (Wildman–Crippen MR) is 79.2 cm³/mol. The van der Waals surface area contributed by atoms with Crippen LogP contribution in [-0.2, 0) is 0 Å². The summed E-state index contributed by atoms with van der Waals surface area (Å²) in [6, 6.07) is 10.5. The first kappa shape index (κ1) is 12.9. The lowest BCUT2D eigenvalue weighted by Gasteiger charge is -2.34. The van der Waals surface area contributed by atoms with Crippen LogP contribution in [0.4, 0.5) is 5.69 Å². The number of anilines is 1. The molecule has 4 heteroatoms. The molecule has 1 aromatic heterocycles. The average Bonchev–Trinajstić information content (AvgIpc) is 2.56. The van der Waals surface area contributed by atoms with Crippen molar-refractivity contribution in [3.63, 3.8) is 0 Å². The quantitative estimate of drug-likeness (QED) is 0.858. The molecule has 1 aliphatic rings. The topological polar surface area (TPSA) is 38.2 Å². The Morgan fingerprint density at radius 2 is 2.00 bits per heavy atom. The molecule has 1 aromatic carbocycles. The van der Waals surface area contributed by atoms with E-state index in [4.69, 9.17) is 4.74 Å². The van der Waals surface area contributed by atoms with Crippen LogP contribution in [0.15, 0.2) is 42.7 Å². The van der Waals surface area contributed by atoms with Gasteiger partial charge in [-0.3, -0.25) is 0 Å². The average molecular weight is 269 g/mol. The maximum atomic E-state index is 5.22. The number of ether oxygens (including phenoxy) is 1. The van der Waals surface area contributed by atoms with Crippen LogP contribution in [0.1, 0.15) is 24.3 Å². The minimum Gasteiger partial charge on any atom is -0.497 e. The summed E-state index contributed by atoms with van der Waals surface area (Å²) >= 11 is 0. The second-order valence-electron chi connectivity index (χ2n) is 5.16. The van der Waals surface area contributed by atoms with Crippen LogP contribution in [0.2, 0.25) is 0 Å². The minimum absolute atomic E-state index is 0.572. The lowest BCUT2D eigenvalue weighted by molar-refractivity contribution is 0.414. The van der Waals surface area contributed by atoms with E-state index in [1.807, 2.05) is 24.4 Å². The highest BCUT2D eigenvalue weighted by atomic mass is 16.5. The zero-order valence-corrected chi connectivity index (χ0v) is 11.7. The normalized spacial score (nSPS) is 18.9. The fourth-order valence-electron chi connectivity index (χ4n) is 2.83. The Morgan fingerprint density at radius 3 is 2.70 bits per heavy atom. The summed E-state index contributed by atoms with van der Waals surface area (Å²) in [7, 11) is 1.70. The van der Waals surface area contributed by atoms with E-state index in [0.717, 1.165) is 18.8 Å². The molecule has 1 atom stereocenters. The number of aromatic nitrogens is 2. The van der Waals surface area contributed by atoms with E-state index in [1.165, 1.54) is 24.1 Å². The SMILES string of the molecule is COc1ccc(C2CCCN(c3ccnnc3)C2)cc1. The maximum Gasteiger partial charge on any atom is 0.118 e. The molecule has 1 aliphatic heterocycles. The van der Waals surface area contributed by atoms with E-state index in [-0.39, 0.29) is 0 Å². The van der Waals surface area contributed by atoms with Gasteiger partial charge in [0, 0.05) is 19.0 Å². The molecule has 0 saturated carbocycles. The summed E-state index contributed by atoms with van der Waals surface area (Å²) in [5.41, 5.74) is 2.55. The molecule has 4 nitrogen and oxygen atoms in total. The van der Waals surface area contributed by atoms with Crippen molar-refractivity contribution in [3.8, 4) is 5.75 Å². The van der Waals surface area contributed by atoms with Gasteiger partial charge in [-0.15, -0.1) is 0 Å². The largest absolute Gasteiger partial charge is 0.497 e. The van der Waals surface area contributed by atoms with Gasteiger partial charge in [-0.2, -0.15) is 10.2 Å². The standard InChI is InChI=1S/C16H19N3O/c1-20-16-6-4-13(5-7-16)14-3-2-10-19(12-14)15-8-9-17-18-11-15/h4-9,11,14H,2-3,10,12H2,1H3. The van der Waals surface area contributed by atoms with E-state index < -0.39 is 0 Å². The lowest BCUT2D eigenvalue weighted by atomic mass is 9.90. The number of hydrogen-bond acceptors (Lipinski definition) is 4. The third kappa shape index (κ3) is 2.74. The molecule has 20 heavy (non-hydrogen) atoms. The lowest BCUT2D eigenvalue weighted by Crippen LogP contribution is -2.34. The number of nitrogens with zero attached hydrogens (tertiary/aromatic N) is 3. The van der Waals surface area contributed by atoms with Crippen LogP contribution in [0.25, 0.3) is 0 Å². The van der Waals surface area contributed by atoms with Crippen LogP contribution >= 0.6 is 0 Å². The van der Waals surface area contributed by atoms with Gasteiger partial charge in [0.2, 0.25) is 0 Å². The highest BCUT2D eigenvalue weighted by molar-refractivity contribution is 5.44. The molecular weight excluding hydrogens is 250 g/mol. The van der Waals surface area contributed by atoms with Crippen molar-refractivity contribution in [1.29, 1.82) is 0 Å². The highest BCUT2D eigenvalue weighted by Crippen LogP contribution is 2.30. The smallest absolute Gasteiger partial charge is 0.118 e. The molecule has 0 amide bonds. The van der Waals surface area contributed by atoms with Gasteiger partial charge in [0.15, 0.2) is 0 Å². The molecule has 2 heterocycles. The summed E-state index contributed by atoms with van der Waals surface area (Å²) in [6.45, 7) is 2.14. The molecule has 1 saturated heterocycles. The number of methoxy groups -OCH3 is 1. The van der Waals surface area contributed by atoms with Crippen molar-refractivity contribution < 1.29 is 4.74 Å². The summed E-state index contributed by atoms with van der Waals surface area (Å²) in [4.78, 5) is 2.40. The van der Waals surface area contributed by atoms with E-state index >= 15 is 0 Å². The van der Waals surface area contributed by atoms with Crippen molar-refractivity contribution in [1.82, 2.24) is 10.2 Å². The van der Waals surface area contributed by atoms with Gasteiger partial charge < -0.3 is 9.64 Å². The Balaban J connectivity index is 1.74. The van der Waals surface area contributed by atoms with E-state index in [9.17, 15) is 0 Å². The van der Waals surface area contributed by atoms with E-state index in [0.29, 0.717) is 5.92 Å². The van der Waals surface area contributed by atoms with Crippen molar-refractivity contribution >= 4 is 5.69 Å². The Hall–Kier alpha value is -2.10. The Kier molecular flexibility index (Phi) is 3.81.